The number of hydrogen-bond acceptors (Lipinski definition) is 3. The first-order valence-electron chi connectivity index (χ1n) is 9.53. The van der Waals surface area contributed by atoms with Crippen LogP contribution in [0.4, 0.5) is 0 Å². The molecule has 4 rings (SSSR count). The lowest BCUT2D eigenvalue weighted by molar-refractivity contribution is -0.123. The van der Waals surface area contributed by atoms with Gasteiger partial charge in [-0.15, -0.1) is 6.42 Å². The van der Waals surface area contributed by atoms with Crippen LogP contribution in [0.25, 0.3) is 0 Å². The molecule has 3 N–H and O–H groups in total. The number of hydrogen-bond donors (Lipinski definition) is 3. The number of terminal acetylenes is 1. The largest absolute Gasteiger partial charge is 0.393 e. The van der Waals surface area contributed by atoms with Crippen LogP contribution in [0.2, 0.25) is 0 Å². The van der Waals surface area contributed by atoms with E-state index in [9.17, 15) is 15.3 Å². The van der Waals surface area contributed by atoms with Crippen molar-refractivity contribution >= 4 is 0 Å². The van der Waals surface area contributed by atoms with Crippen molar-refractivity contribution in [3.8, 4) is 12.3 Å². The van der Waals surface area contributed by atoms with Crippen molar-refractivity contribution in [3.63, 3.8) is 0 Å². The van der Waals surface area contributed by atoms with Gasteiger partial charge in [-0.1, -0.05) is 31.4 Å². The highest BCUT2D eigenvalue weighted by atomic mass is 16.3. The molecule has 0 aromatic rings. The first-order valence-corrected chi connectivity index (χ1v) is 9.53. The van der Waals surface area contributed by atoms with E-state index in [4.69, 9.17) is 6.42 Å². The lowest BCUT2D eigenvalue weighted by Crippen LogP contribution is -2.57. The van der Waals surface area contributed by atoms with E-state index in [0.717, 1.165) is 32.1 Å². The van der Waals surface area contributed by atoms with Crippen molar-refractivity contribution in [1.29, 1.82) is 0 Å². The molecule has 0 aromatic heterocycles. The van der Waals surface area contributed by atoms with Crippen LogP contribution in [0, 0.1) is 40.9 Å². The molecule has 0 spiro atoms. The SMILES string of the molecule is C#C[C@@]1(O)CC[C@H]2[C@@H]3[C@@H](O)C=C4C[C@@H](O)CC[C@]4(C)[C@H]3CC[C@@]21C. The third-order valence-corrected chi connectivity index (χ3v) is 8.49. The molecule has 0 aliphatic heterocycles. The minimum Gasteiger partial charge on any atom is -0.393 e. The van der Waals surface area contributed by atoms with Crippen molar-refractivity contribution < 1.29 is 15.3 Å². The molecular weight excluding hydrogens is 300 g/mol. The summed E-state index contributed by atoms with van der Waals surface area (Å²) < 4.78 is 0. The Morgan fingerprint density at radius 1 is 1.08 bits per heavy atom. The molecule has 0 unspecified atom stereocenters. The van der Waals surface area contributed by atoms with Crippen LogP contribution in [0.5, 0.6) is 0 Å². The Morgan fingerprint density at radius 2 is 1.79 bits per heavy atom. The molecule has 0 aromatic carbocycles. The number of fused-ring (bicyclic) bond motifs is 5. The topological polar surface area (TPSA) is 60.7 Å². The molecule has 0 amide bonds. The molecular formula is C21H30O3. The monoisotopic (exact) mass is 330 g/mol. The molecule has 3 nitrogen and oxygen atoms in total. The van der Waals surface area contributed by atoms with E-state index in [-0.39, 0.29) is 28.8 Å². The minimum absolute atomic E-state index is 0.0846. The first-order chi connectivity index (χ1) is 11.2. The Labute approximate surface area is 145 Å². The summed E-state index contributed by atoms with van der Waals surface area (Å²) in [7, 11) is 0. The van der Waals surface area contributed by atoms with E-state index in [0.29, 0.717) is 18.8 Å². The lowest BCUT2D eigenvalue weighted by atomic mass is 9.46. The molecule has 3 fully saturated rings. The Morgan fingerprint density at radius 3 is 2.50 bits per heavy atom. The van der Waals surface area contributed by atoms with Gasteiger partial charge in [0.25, 0.3) is 0 Å². The molecule has 0 bridgehead atoms. The van der Waals surface area contributed by atoms with Gasteiger partial charge in [0.15, 0.2) is 0 Å². The van der Waals surface area contributed by atoms with Crippen molar-refractivity contribution in [1.82, 2.24) is 0 Å². The summed E-state index contributed by atoms with van der Waals surface area (Å²) in [6.07, 6.45) is 13.0. The fourth-order valence-electron chi connectivity index (χ4n) is 6.88. The van der Waals surface area contributed by atoms with Crippen LogP contribution in [0.1, 0.15) is 58.8 Å². The molecule has 0 radical (unpaired) electrons. The highest BCUT2D eigenvalue weighted by Gasteiger charge is 2.64. The number of aliphatic hydroxyl groups is 3. The van der Waals surface area contributed by atoms with Gasteiger partial charge in [0.2, 0.25) is 0 Å². The maximum Gasteiger partial charge on any atom is 0.130 e. The molecule has 0 heterocycles. The molecule has 4 aliphatic carbocycles. The van der Waals surface area contributed by atoms with Crippen LogP contribution >= 0.6 is 0 Å². The van der Waals surface area contributed by atoms with E-state index in [1.54, 1.807) is 0 Å². The molecule has 3 heteroatoms. The summed E-state index contributed by atoms with van der Waals surface area (Å²) in [4.78, 5) is 0. The van der Waals surface area contributed by atoms with Gasteiger partial charge in [-0.3, -0.25) is 0 Å². The summed E-state index contributed by atoms with van der Waals surface area (Å²) >= 11 is 0. The summed E-state index contributed by atoms with van der Waals surface area (Å²) in [5.74, 6) is 3.56. The Kier molecular flexibility index (Phi) is 3.53. The average molecular weight is 330 g/mol. The van der Waals surface area contributed by atoms with Crippen molar-refractivity contribution in [3.05, 3.63) is 11.6 Å². The fraction of sp³-hybridized carbons (Fsp3) is 0.810. The van der Waals surface area contributed by atoms with Crippen molar-refractivity contribution in [2.45, 2.75) is 76.6 Å². The van der Waals surface area contributed by atoms with Gasteiger partial charge >= 0.3 is 0 Å². The Balaban J connectivity index is 1.75. The quantitative estimate of drug-likeness (QED) is 0.473. The predicted molar refractivity (Wildman–Crippen MR) is 92.9 cm³/mol. The van der Waals surface area contributed by atoms with Crippen molar-refractivity contribution in [2.24, 2.45) is 28.6 Å². The van der Waals surface area contributed by atoms with Gasteiger partial charge in [0.1, 0.15) is 5.60 Å². The fourth-order valence-corrected chi connectivity index (χ4v) is 6.88. The van der Waals surface area contributed by atoms with E-state index in [1.165, 1.54) is 5.57 Å². The zero-order chi connectivity index (χ0) is 17.3. The Hall–Kier alpha value is -0.820. The second-order valence-corrected chi connectivity index (χ2v) is 9.29. The predicted octanol–water partition coefficient (Wildman–Crippen LogP) is 2.65. The molecule has 132 valence electrons. The smallest absolute Gasteiger partial charge is 0.130 e. The molecule has 8 atom stereocenters. The molecule has 4 aliphatic rings. The lowest BCUT2D eigenvalue weighted by Gasteiger charge is -2.59. The first kappa shape index (κ1) is 16.6. The van der Waals surface area contributed by atoms with Gasteiger partial charge < -0.3 is 15.3 Å². The van der Waals surface area contributed by atoms with E-state index in [2.05, 4.69) is 19.8 Å². The summed E-state index contributed by atoms with van der Waals surface area (Å²) in [6.45, 7) is 4.47. The summed E-state index contributed by atoms with van der Waals surface area (Å²) in [5, 5.41) is 32.0. The highest BCUT2D eigenvalue weighted by Crippen LogP contribution is 2.66. The number of aliphatic hydroxyl groups excluding tert-OH is 2. The molecule has 0 saturated heterocycles. The standard InChI is InChI=1S/C21H30O3/c1-4-21(24)10-7-16-18-15(6-9-20(16,21)3)19(2)8-5-14(22)11-13(19)12-17(18)23/h1,12,14-18,22-24H,5-11H2,2-3H3/t14-,15-,16-,17-,18+,19-,20-,21+/m0/s1. The minimum atomic E-state index is -1.03. The van der Waals surface area contributed by atoms with Crippen LogP contribution in [0.15, 0.2) is 11.6 Å². The Bertz CT molecular complexity index is 619. The molecule has 3 saturated carbocycles. The van der Waals surface area contributed by atoms with Gasteiger partial charge in [0.05, 0.1) is 12.2 Å². The van der Waals surface area contributed by atoms with Crippen LogP contribution in [0.3, 0.4) is 0 Å². The van der Waals surface area contributed by atoms with Gasteiger partial charge in [0, 0.05) is 5.41 Å². The molecule has 24 heavy (non-hydrogen) atoms. The van der Waals surface area contributed by atoms with Crippen LogP contribution in [-0.4, -0.2) is 33.1 Å². The van der Waals surface area contributed by atoms with Crippen LogP contribution < -0.4 is 0 Å². The van der Waals surface area contributed by atoms with Gasteiger partial charge in [-0.2, -0.15) is 0 Å². The van der Waals surface area contributed by atoms with Crippen LogP contribution in [-0.2, 0) is 0 Å². The highest BCUT2D eigenvalue weighted by molar-refractivity contribution is 5.30. The summed E-state index contributed by atoms with van der Waals surface area (Å²) in [6, 6.07) is 0. The van der Waals surface area contributed by atoms with E-state index in [1.807, 2.05) is 6.08 Å². The second kappa shape index (κ2) is 5.10. The zero-order valence-electron chi connectivity index (χ0n) is 14.8. The number of rotatable bonds is 0. The zero-order valence-corrected chi connectivity index (χ0v) is 14.8. The third-order valence-electron chi connectivity index (χ3n) is 8.49. The maximum atomic E-state index is 11.0. The van der Waals surface area contributed by atoms with Gasteiger partial charge in [-0.05, 0) is 68.1 Å². The van der Waals surface area contributed by atoms with Crippen molar-refractivity contribution in [2.75, 3.05) is 0 Å². The third kappa shape index (κ3) is 1.91. The van der Waals surface area contributed by atoms with E-state index < -0.39 is 11.7 Å². The maximum absolute atomic E-state index is 11.0. The van der Waals surface area contributed by atoms with E-state index >= 15 is 0 Å². The van der Waals surface area contributed by atoms with Gasteiger partial charge in [-0.25, -0.2) is 0 Å². The summed E-state index contributed by atoms with van der Waals surface area (Å²) in [5.41, 5.74) is 0.0145. The average Bonchev–Trinajstić information content (AvgIpc) is 2.82. The second-order valence-electron chi connectivity index (χ2n) is 9.29. The normalized spacial score (nSPS) is 56.5.